The third kappa shape index (κ3) is 3.58. The number of amides is 1. The van der Waals surface area contributed by atoms with Crippen LogP contribution >= 0.6 is 11.6 Å². The van der Waals surface area contributed by atoms with E-state index in [1.807, 2.05) is 36.4 Å². The number of aromatic nitrogens is 1. The normalized spacial score (nSPS) is 14.1. The van der Waals surface area contributed by atoms with Crippen molar-refractivity contribution in [2.75, 3.05) is 0 Å². The summed E-state index contributed by atoms with van der Waals surface area (Å²) in [6.07, 6.45) is 4.75. The summed E-state index contributed by atoms with van der Waals surface area (Å²) in [4.78, 5) is 25.2. The zero-order valence-electron chi connectivity index (χ0n) is 16.6. The molecule has 1 amide bonds. The number of hydrogen-bond acceptors (Lipinski definition) is 2. The summed E-state index contributed by atoms with van der Waals surface area (Å²) in [6.45, 7) is 2.66. The summed E-state index contributed by atoms with van der Waals surface area (Å²) >= 11 is 6.43. The molecule has 1 saturated carbocycles. The molecule has 0 spiro atoms. The van der Waals surface area contributed by atoms with Crippen LogP contribution < -0.4 is 5.73 Å². The first-order chi connectivity index (χ1) is 14.0. The van der Waals surface area contributed by atoms with Gasteiger partial charge in [0.2, 0.25) is 5.91 Å². The molecule has 0 saturated heterocycles. The van der Waals surface area contributed by atoms with Gasteiger partial charge in [0.05, 0.1) is 5.52 Å². The van der Waals surface area contributed by atoms with E-state index in [1.165, 1.54) is 0 Å². The smallest absolute Gasteiger partial charge is 0.248 e. The highest BCUT2D eigenvalue weighted by Crippen LogP contribution is 2.36. The Kier molecular flexibility index (Phi) is 5.46. The standard InChI is InChI=1S/C24H25ClN2O2/c1-2-6-20-22(23(28)15-8-5-9-15)18-12-11-16(24(26)29)13-21(18)27(20)14-17-7-3-4-10-19(17)25/h3-4,7,10-13,15H,2,5-6,8-9,14H2,1H3,(H2,26,29). The van der Waals surface area contributed by atoms with Gasteiger partial charge in [-0.2, -0.15) is 0 Å². The Bertz CT molecular complexity index is 1100. The maximum atomic E-state index is 13.4. The van der Waals surface area contributed by atoms with Crippen LogP contribution in [0.25, 0.3) is 10.9 Å². The number of carbonyl (C=O) groups excluding carboxylic acids is 2. The van der Waals surface area contributed by atoms with Crippen LogP contribution in [-0.4, -0.2) is 16.3 Å². The van der Waals surface area contributed by atoms with E-state index < -0.39 is 5.91 Å². The highest BCUT2D eigenvalue weighted by molar-refractivity contribution is 6.31. The first-order valence-corrected chi connectivity index (χ1v) is 10.6. The number of hydrogen-bond donors (Lipinski definition) is 1. The molecule has 0 radical (unpaired) electrons. The zero-order valence-corrected chi connectivity index (χ0v) is 17.3. The maximum absolute atomic E-state index is 13.4. The lowest BCUT2D eigenvalue weighted by Gasteiger charge is -2.24. The number of carbonyl (C=O) groups is 2. The average molecular weight is 409 g/mol. The van der Waals surface area contributed by atoms with Gasteiger partial charge in [-0.3, -0.25) is 9.59 Å². The van der Waals surface area contributed by atoms with E-state index in [0.717, 1.165) is 59.8 Å². The molecule has 0 bridgehead atoms. The van der Waals surface area contributed by atoms with Crippen LogP contribution in [0.4, 0.5) is 0 Å². The second kappa shape index (κ2) is 8.03. The number of Topliss-reactive ketones (excluding diaryl/α,β-unsaturated/α-hetero) is 1. The number of benzene rings is 2. The highest BCUT2D eigenvalue weighted by Gasteiger charge is 2.31. The van der Waals surface area contributed by atoms with Crippen LogP contribution in [0.5, 0.6) is 0 Å². The molecule has 0 atom stereocenters. The summed E-state index contributed by atoms with van der Waals surface area (Å²) in [5, 5.41) is 1.59. The molecule has 29 heavy (non-hydrogen) atoms. The van der Waals surface area contributed by atoms with Crippen molar-refractivity contribution in [3.8, 4) is 0 Å². The summed E-state index contributed by atoms with van der Waals surface area (Å²) in [6, 6.07) is 13.1. The van der Waals surface area contributed by atoms with E-state index in [4.69, 9.17) is 17.3 Å². The lowest BCUT2D eigenvalue weighted by Crippen LogP contribution is -2.23. The van der Waals surface area contributed by atoms with Gasteiger partial charge in [0.15, 0.2) is 5.78 Å². The molecule has 0 aliphatic heterocycles. The molecular formula is C24H25ClN2O2. The third-order valence-corrected chi connectivity index (χ3v) is 6.32. The fourth-order valence-corrected chi connectivity index (χ4v) is 4.37. The molecule has 150 valence electrons. The van der Waals surface area contributed by atoms with Crippen molar-refractivity contribution < 1.29 is 9.59 Å². The summed E-state index contributed by atoms with van der Waals surface area (Å²) < 4.78 is 2.15. The Morgan fingerprint density at radius 2 is 1.93 bits per heavy atom. The van der Waals surface area contributed by atoms with Crippen molar-refractivity contribution in [1.29, 1.82) is 0 Å². The molecule has 1 aromatic heterocycles. The molecule has 2 N–H and O–H groups in total. The number of primary amides is 1. The Morgan fingerprint density at radius 1 is 1.17 bits per heavy atom. The molecule has 1 heterocycles. The minimum atomic E-state index is -0.471. The van der Waals surface area contributed by atoms with Gasteiger partial charge < -0.3 is 10.3 Å². The molecular weight excluding hydrogens is 384 g/mol. The summed E-state index contributed by atoms with van der Waals surface area (Å²) in [7, 11) is 0. The van der Waals surface area contributed by atoms with Crippen molar-refractivity contribution in [2.24, 2.45) is 11.7 Å². The second-order valence-electron chi connectivity index (χ2n) is 7.84. The van der Waals surface area contributed by atoms with Gasteiger partial charge >= 0.3 is 0 Å². The average Bonchev–Trinajstić information content (AvgIpc) is 2.95. The van der Waals surface area contributed by atoms with Gasteiger partial charge in [-0.05, 0) is 43.0 Å². The first kappa shape index (κ1) is 19.7. The minimum Gasteiger partial charge on any atom is -0.366 e. The molecule has 1 fully saturated rings. The van der Waals surface area contributed by atoms with Crippen molar-refractivity contribution in [2.45, 2.75) is 45.6 Å². The van der Waals surface area contributed by atoms with Crippen molar-refractivity contribution >= 4 is 34.2 Å². The largest absolute Gasteiger partial charge is 0.366 e. The molecule has 0 unspecified atom stereocenters. The van der Waals surface area contributed by atoms with Crippen LogP contribution in [0.15, 0.2) is 42.5 Å². The van der Waals surface area contributed by atoms with E-state index in [1.54, 1.807) is 6.07 Å². The molecule has 5 heteroatoms. The zero-order chi connectivity index (χ0) is 20.5. The van der Waals surface area contributed by atoms with E-state index in [9.17, 15) is 9.59 Å². The van der Waals surface area contributed by atoms with Crippen LogP contribution in [0.2, 0.25) is 5.02 Å². The molecule has 2 aromatic carbocycles. The predicted molar refractivity (Wildman–Crippen MR) is 117 cm³/mol. The molecule has 4 rings (SSSR count). The Balaban J connectivity index is 1.95. The third-order valence-electron chi connectivity index (χ3n) is 5.95. The van der Waals surface area contributed by atoms with E-state index in [-0.39, 0.29) is 11.7 Å². The summed E-state index contributed by atoms with van der Waals surface area (Å²) in [5.74, 6) is -0.128. The van der Waals surface area contributed by atoms with Crippen LogP contribution in [-0.2, 0) is 13.0 Å². The molecule has 4 nitrogen and oxygen atoms in total. The van der Waals surface area contributed by atoms with Crippen molar-refractivity contribution in [1.82, 2.24) is 4.57 Å². The van der Waals surface area contributed by atoms with Crippen molar-refractivity contribution in [3.63, 3.8) is 0 Å². The SMILES string of the molecule is CCCc1c(C(=O)C2CCC2)c2ccc(C(N)=O)cc2n1Cc1ccccc1Cl. The fraction of sp³-hybridized carbons (Fsp3) is 0.333. The van der Waals surface area contributed by atoms with Crippen LogP contribution in [0.1, 0.15) is 64.6 Å². The van der Waals surface area contributed by atoms with Gasteiger partial charge in [-0.1, -0.05) is 55.6 Å². The minimum absolute atomic E-state index is 0.112. The van der Waals surface area contributed by atoms with Gasteiger partial charge in [-0.15, -0.1) is 0 Å². The topological polar surface area (TPSA) is 65.1 Å². The Hall–Kier alpha value is -2.59. The monoisotopic (exact) mass is 408 g/mol. The number of nitrogens with zero attached hydrogens (tertiary/aromatic N) is 1. The predicted octanol–water partition coefficient (Wildman–Crippen LogP) is 5.38. The van der Waals surface area contributed by atoms with E-state index in [0.29, 0.717) is 17.1 Å². The fourth-order valence-electron chi connectivity index (χ4n) is 4.18. The quantitative estimate of drug-likeness (QED) is 0.533. The molecule has 1 aliphatic carbocycles. The van der Waals surface area contributed by atoms with Gasteiger partial charge in [0.25, 0.3) is 0 Å². The highest BCUT2D eigenvalue weighted by atomic mass is 35.5. The number of rotatable bonds is 7. The van der Waals surface area contributed by atoms with Gasteiger partial charge in [-0.25, -0.2) is 0 Å². The molecule has 3 aromatic rings. The number of fused-ring (bicyclic) bond motifs is 1. The van der Waals surface area contributed by atoms with Gasteiger partial charge in [0, 0.05) is 39.7 Å². The summed E-state index contributed by atoms with van der Waals surface area (Å²) in [5.41, 5.74) is 9.68. The second-order valence-corrected chi connectivity index (χ2v) is 8.24. The molecule has 1 aliphatic rings. The Morgan fingerprint density at radius 3 is 2.55 bits per heavy atom. The van der Waals surface area contributed by atoms with Crippen molar-refractivity contribution in [3.05, 3.63) is 69.9 Å². The maximum Gasteiger partial charge on any atom is 0.248 e. The lowest BCUT2D eigenvalue weighted by atomic mass is 9.79. The first-order valence-electron chi connectivity index (χ1n) is 10.2. The van der Waals surface area contributed by atoms with E-state index in [2.05, 4.69) is 11.5 Å². The number of halogens is 1. The number of nitrogens with two attached hydrogens (primary N) is 1. The lowest BCUT2D eigenvalue weighted by molar-refractivity contribution is 0.0855. The Labute approximate surface area is 175 Å². The van der Waals surface area contributed by atoms with Crippen LogP contribution in [0, 0.1) is 5.92 Å². The number of ketones is 1. The van der Waals surface area contributed by atoms with E-state index >= 15 is 0 Å². The van der Waals surface area contributed by atoms with Crippen LogP contribution in [0.3, 0.4) is 0 Å². The van der Waals surface area contributed by atoms with Gasteiger partial charge in [0.1, 0.15) is 0 Å².